The average molecular weight is 344 g/mol. The van der Waals surface area contributed by atoms with Crippen LogP contribution in [0.3, 0.4) is 0 Å². The molecular weight excluding hydrogens is 322 g/mol. The van der Waals surface area contributed by atoms with Crippen LogP contribution in [0.5, 0.6) is 5.75 Å². The van der Waals surface area contributed by atoms with E-state index in [2.05, 4.69) is 14.4 Å². The van der Waals surface area contributed by atoms with E-state index in [0.717, 1.165) is 50.6 Å². The van der Waals surface area contributed by atoms with E-state index in [1.807, 2.05) is 12.1 Å². The summed E-state index contributed by atoms with van der Waals surface area (Å²) in [6.45, 7) is 2.13. The van der Waals surface area contributed by atoms with Gasteiger partial charge in [0.05, 0.1) is 13.2 Å². The van der Waals surface area contributed by atoms with Gasteiger partial charge in [-0.05, 0) is 49.1 Å². The van der Waals surface area contributed by atoms with E-state index >= 15 is 0 Å². The molecule has 4 nitrogen and oxygen atoms in total. The van der Waals surface area contributed by atoms with Gasteiger partial charge in [0.15, 0.2) is 0 Å². The zero-order chi connectivity index (χ0) is 16.1. The summed E-state index contributed by atoms with van der Waals surface area (Å²) < 4.78 is 36.1. The van der Waals surface area contributed by atoms with Gasteiger partial charge in [0, 0.05) is 36.5 Å². The van der Waals surface area contributed by atoms with Gasteiger partial charge in [-0.2, -0.15) is 8.78 Å². The number of ether oxygens (including phenoxy) is 2. The van der Waals surface area contributed by atoms with Crippen LogP contribution in [-0.2, 0) is 4.74 Å². The summed E-state index contributed by atoms with van der Waals surface area (Å²) in [5.41, 5.74) is 0. The maximum absolute atomic E-state index is 12.1. The summed E-state index contributed by atoms with van der Waals surface area (Å²) in [6.07, 6.45) is 2.26. The monoisotopic (exact) mass is 344 g/mol. The minimum atomic E-state index is -2.77. The second kappa shape index (κ2) is 8.28. The van der Waals surface area contributed by atoms with Gasteiger partial charge in [0.1, 0.15) is 5.75 Å². The van der Waals surface area contributed by atoms with Crippen LogP contribution in [0.15, 0.2) is 29.2 Å². The number of hydrogen-bond acceptors (Lipinski definition) is 5. The summed E-state index contributed by atoms with van der Waals surface area (Å²) in [5.74, 6) is 0.892. The van der Waals surface area contributed by atoms with Gasteiger partial charge in [-0.3, -0.25) is 0 Å². The smallest absolute Gasteiger partial charge is 0.387 e. The number of nitrogens with one attached hydrogen (secondary N) is 1. The highest BCUT2D eigenvalue weighted by Gasteiger charge is 2.23. The van der Waals surface area contributed by atoms with Crippen LogP contribution in [0.25, 0.3) is 0 Å². The van der Waals surface area contributed by atoms with Gasteiger partial charge < -0.3 is 14.8 Å². The van der Waals surface area contributed by atoms with Gasteiger partial charge >= 0.3 is 6.61 Å². The SMILES string of the molecule is FC(F)Oc1ccc(SN2CCC(NCC3COC3)CC2)cc1. The number of piperidine rings is 1. The standard InChI is InChI=1S/C16H22F2N2O2S/c17-16(18)22-14-1-3-15(4-2-14)23-20-7-5-13(6-8-20)19-9-12-10-21-11-12/h1-4,12-13,16,19H,5-11H2. The largest absolute Gasteiger partial charge is 0.435 e. The molecule has 0 atom stereocenters. The van der Waals surface area contributed by atoms with Crippen LogP contribution in [0.4, 0.5) is 8.78 Å². The van der Waals surface area contributed by atoms with Gasteiger partial charge in [-0.25, -0.2) is 4.31 Å². The molecule has 2 saturated heterocycles. The zero-order valence-electron chi connectivity index (χ0n) is 12.9. The van der Waals surface area contributed by atoms with Crippen molar-refractivity contribution >= 4 is 11.9 Å². The fourth-order valence-corrected chi connectivity index (χ4v) is 3.67. The molecule has 0 amide bonds. The van der Waals surface area contributed by atoms with Crippen molar-refractivity contribution in [2.45, 2.75) is 30.4 Å². The molecule has 0 radical (unpaired) electrons. The first-order chi connectivity index (χ1) is 11.2. The molecular formula is C16H22F2N2O2S. The third-order valence-corrected chi connectivity index (χ3v) is 5.25. The molecule has 2 heterocycles. The minimum absolute atomic E-state index is 0.201. The molecule has 3 rings (SSSR count). The minimum Gasteiger partial charge on any atom is -0.435 e. The van der Waals surface area contributed by atoms with Crippen molar-refractivity contribution in [3.05, 3.63) is 24.3 Å². The molecule has 1 N–H and O–H groups in total. The average Bonchev–Trinajstić information content (AvgIpc) is 2.49. The van der Waals surface area contributed by atoms with Gasteiger partial charge in [0.2, 0.25) is 0 Å². The zero-order valence-corrected chi connectivity index (χ0v) is 13.7. The Morgan fingerprint density at radius 3 is 2.48 bits per heavy atom. The van der Waals surface area contributed by atoms with E-state index in [4.69, 9.17) is 4.74 Å². The molecule has 0 spiro atoms. The predicted molar refractivity (Wildman–Crippen MR) is 85.8 cm³/mol. The number of rotatable bonds is 7. The Bertz CT molecular complexity index is 477. The molecule has 2 aliphatic heterocycles. The Balaban J connectivity index is 1.37. The number of hydrogen-bond donors (Lipinski definition) is 1. The van der Waals surface area contributed by atoms with Crippen LogP contribution in [0, 0.1) is 5.92 Å². The molecule has 0 aromatic heterocycles. The van der Waals surface area contributed by atoms with Crippen molar-refractivity contribution in [3.63, 3.8) is 0 Å². The maximum atomic E-state index is 12.1. The lowest BCUT2D eigenvalue weighted by molar-refractivity contribution is -0.0498. The molecule has 2 fully saturated rings. The van der Waals surface area contributed by atoms with E-state index in [-0.39, 0.29) is 5.75 Å². The summed E-state index contributed by atoms with van der Waals surface area (Å²) in [5, 5.41) is 3.63. The Labute approximate surface area is 139 Å². The lowest BCUT2D eigenvalue weighted by atomic mass is 10.0. The fourth-order valence-electron chi connectivity index (χ4n) is 2.72. The number of halogens is 2. The van der Waals surface area contributed by atoms with E-state index < -0.39 is 6.61 Å². The van der Waals surface area contributed by atoms with Crippen LogP contribution >= 0.6 is 11.9 Å². The fraction of sp³-hybridized carbons (Fsp3) is 0.625. The third-order valence-electron chi connectivity index (χ3n) is 4.14. The summed E-state index contributed by atoms with van der Waals surface area (Å²) >= 11 is 1.68. The highest BCUT2D eigenvalue weighted by atomic mass is 32.2. The van der Waals surface area contributed by atoms with E-state index in [9.17, 15) is 8.78 Å². The number of alkyl halides is 2. The lowest BCUT2D eigenvalue weighted by Gasteiger charge is -2.33. The van der Waals surface area contributed by atoms with Gasteiger partial charge in [0.25, 0.3) is 0 Å². The topological polar surface area (TPSA) is 33.7 Å². The Kier molecular flexibility index (Phi) is 6.10. The van der Waals surface area contributed by atoms with Crippen molar-refractivity contribution in [2.24, 2.45) is 5.92 Å². The molecule has 0 aliphatic carbocycles. The summed E-state index contributed by atoms with van der Waals surface area (Å²) in [7, 11) is 0. The van der Waals surface area contributed by atoms with Gasteiger partial charge in [-0.1, -0.05) is 0 Å². The molecule has 7 heteroatoms. The Morgan fingerprint density at radius 1 is 1.22 bits per heavy atom. The molecule has 128 valence electrons. The van der Waals surface area contributed by atoms with E-state index in [0.29, 0.717) is 12.0 Å². The van der Waals surface area contributed by atoms with Gasteiger partial charge in [-0.15, -0.1) is 0 Å². The Hall–Kier alpha value is -0.890. The second-order valence-electron chi connectivity index (χ2n) is 5.96. The first kappa shape index (κ1) is 17.0. The van der Waals surface area contributed by atoms with Crippen molar-refractivity contribution in [1.29, 1.82) is 0 Å². The molecule has 0 saturated carbocycles. The predicted octanol–water partition coefficient (Wildman–Crippen LogP) is 3.00. The molecule has 23 heavy (non-hydrogen) atoms. The summed E-state index contributed by atoms with van der Waals surface area (Å²) in [6, 6.07) is 7.41. The molecule has 1 aromatic rings. The normalized spacial score (nSPS) is 20.7. The van der Waals surface area contributed by atoms with E-state index in [1.165, 1.54) is 0 Å². The van der Waals surface area contributed by atoms with Crippen LogP contribution in [-0.4, -0.2) is 49.8 Å². The molecule has 1 aromatic carbocycles. The summed E-state index contributed by atoms with van der Waals surface area (Å²) in [4.78, 5) is 1.05. The van der Waals surface area contributed by atoms with E-state index in [1.54, 1.807) is 24.1 Å². The second-order valence-corrected chi connectivity index (χ2v) is 7.13. The third kappa shape index (κ3) is 5.31. The number of benzene rings is 1. The highest BCUT2D eigenvalue weighted by molar-refractivity contribution is 7.97. The highest BCUT2D eigenvalue weighted by Crippen LogP contribution is 2.28. The molecule has 0 bridgehead atoms. The molecule has 0 unspecified atom stereocenters. The lowest BCUT2D eigenvalue weighted by Crippen LogP contribution is -2.45. The van der Waals surface area contributed by atoms with Crippen molar-refractivity contribution in [3.8, 4) is 5.75 Å². The first-order valence-corrected chi connectivity index (χ1v) is 8.75. The van der Waals surface area contributed by atoms with Crippen LogP contribution in [0.1, 0.15) is 12.8 Å². The van der Waals surface area contributed by atoms with Crippen LogP contribution in [0.2, 0.25) is 0 Å². The van der Waals surface area contributed by atoms with Crippen LogP contribution < -0.4 is 10.1 Å². The quantitative estimate of drug-likeness (QED) is 0.769. The molecule has 2 aliphatic rings. The number of nitrogens with zero attached hydrogens (tertiary/aromatic N) is 1. The first-order valence-electron chi connectivity index (χ1n) is 7.98. The van der Waals surface area contributed by atoms with Crippen molar-refractivity contribution in [2.75, 3.05) is 32.8 Å². The van der Waals surface area contributed by atoms with Crippen molar-refractivity contribution < 1.29 is 18.3 Å². The Morgan fingerprint density at radius 2 is 1.91 bits per heavy atom. The maximum Gasteiger partial charge on any atom is 0.387 e. The van der Waals surface area contributed by atoms with Crippen molar-refractivity contribution in [1.82, 2.24) is 9.62 Å².